The molecule has 1 aromatic rings. The molecule has 1 saturated heterocycles. The van der Waals surface area contributed by atoms with Gasteiger partial charge in [0.2, 0.25) is 5.91 Å². The molecule has 0 spiro atoms. The molecular formula is C13H18ClN3OS. The fourth-order valence-electron chi connectivity index (χ4n) is 1.93. The molecule has 2 rings (SSSR count). The van der Waals surface area contributed by atoms with Crippen molar-refractivity contribution in [3.05, 3.63) is 23.2 Å². The van der Waals surface area contributed by atoms with E-state index in [1.807, 2.05) is 11.0 Å². The fourth-order valence-corrected chi connectivity index (χ4v) is 3.01. The highest BCUT2D eigenvalue weighted by atomic mass is 35.5. The van der Waals surface area contributed by atoms with E-state index in [-0.39, 0.29) is 5.91 Å². The van der Waals surface area contributed by atoms with Crippen molar-refractivity contribution in [1.29, 1.82) is 0 Å². The summed E-state index contributed by atoms with van der Waals surface area (Å²) < 4.78 is 0. The predicted molar refractivity (Wildman–Crippen MR) is 80.7 cm³/mol. The van der Waals surface area contributed by atoms with E-state index in [2.05, 4.69) is 5.32 Å². The molecule has 1 aliphatic rings. The molecule has 0 bridgehead atoms. The Morgan fingerprint density at radius 1 is 1.42 bits per heavy atom. The Bertz CT molecular complexity index is 448. The number of hydrogen-bond donors (Lipinski definition) is 2. The van der Waals surface area contributed by atoms with E-state index in [0.717, 1.165) is 37.5 Å². The van der Waals surface area contributed by atoms with Crippen LogP contribution in [0.15, 0.2) is 23.1 Å². The third kappa shape index (κ3) is 4.30. The van der Waals surface area contributed by atoms with E-state index in [9.17, 15) is 4.79 Å². The molecule has 0 atom stereocenters. The van der Waals surface area contributed by atoms with Crippen LogP contribution in [-0.2, 0) is 4.79 Å². The van der Waals surface area contributed by atoms with Crippen LogP contribution in [0, 0.1) is 0 Å². The number of carbonyl (C=O) groups is 1. The van der Waals surface area contributed by atoms with Gasteiger partial charge in [-0.15, -0.1) is 11.8 Å². The van der Waals surface area contributed by atoms with Gasteiger partial charge in [-0.25, -0.2) is 0 Å². The maximum Gasteiger partial charge on any atom is 0.232 e. The quantitative estimate of drug-likeness (QED) is 0.660. The Labute approximate surface area is 122 Å². The number of carbonyl (C=O) groups excluding carboxylic acids is 1. The van der Waals surface area contributed by atoms with E-state index in [1.54, 1.807) is 12.1 Å². The van der Waals surface area contributed by atoms with Crippen molar-refractivity contribution >= 4 is 35.0 Å². The highest BCUT2D eigenvalue weighted by molar-refractivity contribution is 8.00. The van der Waals surface area contributed by atoms with Gasteiger partial charge in [0, 0.05) is 24.5 Å². The number of nitrogens with one attached hydrogen (secondary N) is 1. The Balaban J connectivity index is 1.86. The second-order valence-electron chi connectivity index (χ2n) is 4.46. The zero-order chi connectivity index (χ0) is 13.7. The Morgan fingerprint density at radius 3 is 3.05 bits per heavy atom. The SMILES string of the molecule is Nc1ccc(SCC(=O)N2CCCNCC2)cc1Cl. The van der Waals surface area contributed by atoms with Gasteiger partial charge < -0.3 is 16.0 Å². The summed E-state index contributed by atoms with van der Waals surface area (Å²) in [6.45, 7) is 3.51. The molecule has 3 N–H and O–H groups in total. The molecule has 0 radical (unpaired) electrons. The van der Waals surface area contributed by atoms with Gasteiger partial charge in [0.05, 0.1) is 16.5 Å². The minimum Gasteiger partial charge on any atom is -0.398 e. The Hall–Kier alpha value is -0.910. The molecule has 104 valence electrons. The number of hydrogen-bond acceptors (Lipinski definition) is 4. The standard InChI is InChI=1S/C13H18ClN3OS/c14-11-8-10(2-3-12(11)15)19-9-13(18)17-6-1-4-16-5-7-17/h2-3,8,16H,1,4-7,9,15H2. The smallest absolute Gasteiger partial charge is 0.232 e. The molecule has 0 saturated carbocycles. The molecular weight excluding hydrogens is 282 g/mol. The summed E-state index contributed by atoms with van der Waals surface area (Å²) in [4.78, 5) is 15.0. The lowest BCUT2D eigenvalue weighted by molar-refractivity contribution is -0.128. The highest BCUT2D eigenvalue weighted by Gasteiger charge is 2.15. The summed E-state index contributed by atoms with van der Waals surface area (Å²) in [5.74, 6) is 0.627. The lowest BCUT2D eigenvalue weighted by Crippen LogP contribution is -2.35. The predicted octanol–water partition coefficient (Wildman–Crippen LogP) is 1.84. The summed E-state index contributed by atoms with van der Waals surface area (Å²) in [6.07, 6.45) is 1.02. The topological polar surface area (TPSA) is 58.4 Å². The molecule has 0 unspecified atom stereocenters. The zero-order valence-electron chi connectivity index (χ0n) is 10.7. The molecule has 0 aliphatic carbocycles. The highest BCUT2D eigenvalue weighted by Crippen LogP contribution is 2.26. The first-order chi connectivity index (χ1) is 9.16. The summed E-state index contributed by atoms with van der Waals surface area (Å²) >= 11 is 7.46. The first kappa shape index (κ1) is 14.5. The minimum atomic E-state index is 0.182. The number of thioether (sulfide) groups is 1. The van der Waals surface area contributed by atoms with Crippen LogP contribution in [0.5, 0.6) is 0 Å². The molecule has 6 heteroatoms. The molecule has 1 heterocycles. The number of nitrogen functional groups attached to an aromatic ring is 1. The molecule has 1 amide bonds. The summed E-state index contributed by atoms with van der Waals surface area (Å²) in [5.41, 5.74) is 6.22. The fraction of sp³-hybridized carbons (Fsp3) is 0.462. The lowest BCUT2D eigenvalue weighted by atomic mass is 10.3. The largest absolute Gasteiger partial charge is 0.398 e. The molecule has 19 heavy (non-hydrogen) atoms. The molecule has 1 aliphatic heterocycles. The summed E-state index contributed by atoms with van der Waals surface area (Å²) in [5, 5.41) is 3.83. The van der Waals surface area contributed by atoms with Crippen LogP contribution in [0.3, 0.4) is 0 Å². The van der Waals surface area contributed by atoms with Crippen molar-refractivity contribution in [3.8, 4) is 0 Å². The van der Waals surface area contributed by atoms with Crippen LogP contribution < -0.4 is 11.1 Å². The number of rotatable bonds is 3. The second-order valence-corrected chi connectivity index (χ2v) is 5.91. The molecule has 4 nitrogen and oxygen atoms in total. The molecule has 1 fully saturated rings. The van der Waals surface area contributed by atoms with Gasteiger partial charge in [0.15, 0.2) is 0 Å². The third-order valence-electron chi connectivity index (χ3n) is 3.03. The van der Waals surface area contributed by atoms with Gasteiger partial charge in [-0.2, -0.15) is 0 Å². The van der Waals surface area contributed by atoms with Gasteiger partial charge in [-0.05, 0) is 31.2 Å². The number of halogens is 1. The average molecular weight is 300 g/mol. The van der Waals surface area contributed by atoms with Crippen LogP contribution in [0.4, 0.5) is 5.69 Å². The van der Waals surface area contributed by atoms with Gasteiger partial charge in [0.25, 0.3) is 0 Å². The van der Waals surface area contributed by atoms with Crippen LogP contribution in [0.2, 0.25) is 5.02 Å². The first-order valence-corrected chi connectivity index (χ1v) is 7.69. The lowest BCUT2D eigenvalue weighted by Gasteiger charge is -2.19. The van der Waals surface area contributed by atoms with Crippen LogP contribution in [0.1, 0.15) is 6.42 Å². The van der Waals surface area contributed by atoms with Crippen LogP contribution in [-0.4, -0.2) is 42.7 Å². The van der Waals surface area contributed by atoms with Crippen molar-refractivity contribution in [2.75, 3.05) is 37.7 Å². The van der Waals surface area contributed by atoms with Crippen molar-refractivity contribution in [3.63, 3.8) is 0 Å². The van der Waals surface area contributed by atoms with Crippen molar-refractivity contribution in [1.82, 2.24) is 10.2 Å². The Kier molecular flexibility index (Phi) is 5.36. The second kappa shape index (κ2) is 7.03. The number of benzene rings is 1. The number of nitrogens with zero attached hydrogens (tertiary/aromatic N) is 1. The maximum absolute atomic E-state index is 12.1. The zero-order valence-corrected chi connectivity index (χ0v) is 12.3. The average Bonchev–Trinajstić information content (AvgIpc) is 2.69. The van der Waals surface area contributed by atoms with Crippen LogP contribution in [0.25, 0.3) is 0 Å². The number of amides is 1. The van der Waals surface area contributed by atoms with E-state index in [1.165, 1.54) is 11.8 Å². The summed E-state index contributed by atoms with van der Waals surface area (Å²) in [6, 6.07) is 5.47. The number of anilines is 1. The first-order valence-electron chi connectivity index (χ1n) is 6.33. The monoisotopic (exact) mass is 299 g/mol. The van der Waals surface area contributed by atoms with Crippen LogP contribution >= 0.6 is 23.4 Å². The summed E-state index contributed by atoms with van der Waals surface area (Å²) in [7, 11) is 0. The van der Waals surface area contributed by atoms with Crippen molar-refractivity contribution in [2.24, 2.45) is 0 Å². The van der Waals surface area contributed by atoms with E-state index >= 15 is 0 Å². The van der Waals surface area contributed by atoms with Crippen molar-refractivity contribution < 1.29 is 4.79 Å². The Morgan fingerprint density at radius 2 is 2.26 bits per heavy atom. The van der Waals surface area contributed by atoms with Crippen molar-refractivity contribution in [2.45, 2.75) is 11.3 Å². The third-order valence-corrected chi connectivity index (χ3v) is 4.33. The minimum absolute atomic E-state index is 0.182. The van der Waals surface area contributed by atoms with E-state index < -0.39 is 0 Å². The maximum atomic E-state index is 12.1. The normalized spacial score (nSPS) is 16.2. The van der Waals surface area contributed by atoms with E-state index in [4.69, 9.17) is 17.3 Å². The van der Waals surface area contributed by atoms with Gasteiger partial charge in [0.1, 0.15) is 0 Å². The van der Waals surface area contributed by atoms with Gasteiger partial charge in [-0.1, -0.05) is 11.6 Å². The molecule has 0 aromatic heterocycles. The van der Waals surface area contributed by atoms with Gasteiger partial charge in [-0.3, -0.25) is 4.79 Å². The van der Waals surface area contributed by atoms with Gasteiger partial charge >= 0.3 is 0 Å². The molecule has 1 aromatic carbocycles. The number of nitrogens with two attached hydrogens (primary N) is 1. The van der Waals surface area contributed by atoms with E-state index in [0.29, 0.717) is 16.5 Å².